The minimum atomic E-state index is 0.279. The van der Waals surface area contributed by atoms with Gasteiger partial charge in [0.2, 0.25) is 4.96 Å². The predicted octanol–water partition coefficient (Wildman–Crippen LogP) is 1.28. The Morgan fingerprint density at radius 3 is 2.88 bits per heavy atom. The molecule has 3 aromatic rings. The Morgan fingerprint density at radius 2 is 2.24 bits per heavy atom. The van der Waals surface area contributed by atoms with Gasteiger partial charge in [-0.05, 0) is 0 Å². The first-order chi connectivity index (χ1) is 8.16. The van der Waals surface area contributed by atoms with Crippen molar-refractivity contribution < 1.29 is 0 Å². The van der Waals surface area contributed by atoms with Crippen LogP contribution < -0.4 is 5.73 Å². The van der Waals surface area contributed by atoms with Crippen molar-refractivity contribution in [3.63, 3.8) is 0 Å². The molecule has 0 radical (unpaired) electrons. The third kappa shape index (κ3) is 1.48. The van der Waals surface area contributed by atoms with Crippen molar-refractivity contribution in [2.75, 3.05) is 5.73 Å². The largest absolute Gasteiger partial charge is 0.383 e. The summed E-state index contributed by atoms with van der Waals surface area (Å²) in [4.78, 5) is 0.768. The SMILES string of the molecule is CC(C)c1nnc2sc(-c3cn[nH]c3N)nn12. The second-order valence-electron chi connectivity index (χ2n) is 4.01. The number of aromatic amines is 1. The Morgan fingerprint density at radius 1 is 1.41 bits per heavy atom. The summed E-state index contributed by atoms with van der Waals surface area (Å²) in [5, 5.41) is 20.0. The Kier molecular flexibility index (Phi) is 2.11. The van der Waals surface area contributed by atoms with Crippen LogP contribution in [-0.2, 0) is 0 Å². The van der Waals surface area contributed by atoms with Gasteiger partial charge in [0.05, 0.1) is 11.8 Å². The smallest absolute Gasteiger partial charge is 0.234 e. The number of hydrogen-bond donors (Lipinski definition) is 2. The van der Waals surface area contributed by atoms with E-state index in [4.69, 9.17) is 5.73 Å². The molecule has 0 aromatic carbocycles. The molecule has 17 heavy (non-hydrogen) atoms. The summed E-state index contributed by atoms with van der Waals surface area (Å²) in [6.07, 6.45) is 1.66. The number of nitrogens with zero attached hydrogens (tertiary/aromatic N) is 5. The van der Waals surface area contributed by atoms with Crippen LogP contribution in [0.1, 0.15) is 25.6 Å². The van der Waals surface area contributed by atoms with Crippen LogP contribution in [0.3, 0.4) is 0 Å². The van der Waals surface area contributed by atoms with E-state index in [1.807, 2.05) is 0 Å². The van der Waals surface area contributed by atoms with Crippen LogP contribution in [0.25, 0.3) is 15.5 Å². The quantitative estimate of drug-likeness (QED) is 0.713. The molecule has 0 unspecified atom stereocenters. The molecule has 3 heterocycles. The van der Waals surface area contributed by atoms with Gasteiger partial charge in [-0.2, -0.15) is 14.7 Å². The molecular formula is C9H11N7S. The molecule has 0 fully saturated rings. The lowest BCUT2D eigenvalue weighted by molar-refractivity contribution is 0.727. The lowest BCUT2D eigenvalue weighted by atomic mass is 10.2. The average Bonchev–Trinajstić information content (AvgIpc) is 2.89. The number of hydrogen-bond acceptors (Lipinski definition) is 6. The van der Waals surface area contributed by atoms with Crippen LogP contribution >= 0.6 is 11.3 Å². The van der Waals surface area contributed by atoms with Gasteiger partial charge >= 0.3 is 0 Å². The number of aromatic nitrogens is 6. The summed E-state index contributed by atoms with van der Waals surface area (Å²) in [5.41, 5.74) is 6.57. The van der Waals surface area contributed by atoms with Crippen molar-refractivity contribution >= 4 is 22.1 Å². The Labute approximate surface area is 101 Å². The maximum atomic E-state index is 5.76. The Bertz CT molecular complexity index is 662. The number of fused-ring (bicyclic) bond motifs is 1. The summed E-state index contributed by atoms with van der Waals surface area (Å²) in [6, 6.07) is 0. The first kappa shape index (κ1) is 10.2. The Hall–Kier alpha value is -1.96. The van der Waals surface area contributed by atoms with Crippen molar-refractivity contribution in [2.45, 2.75) is 19.8 Å². The van der Waals surface area contributed by atoms with Crippen molar-refractivity contribution in [1.29, 1.82) is 0 Å². The fourth-order valence-corrected chi connectivity index (χ4v) is 2.44. The normalized spacial score (nSPS) is 11.7. The molecular weight excluding hydrogens is 238 g/mol. The van der Waals surface area contributed by atoms with Crippen molar-refractivity contribution in [1.82, 2.24) is 30.0 Å². The van der Waals surface area contributed by atoms with Crippen LogP contribution in [0, 0.1) is 0 Å². The van der Waals surface area contributed by atoms with Crippen molar-refractivity contribution in [3.8, 4) is 10.6 Å². The second kappa shape index (κ2) is 3.52. The molecule has 3 N–H and O–H groups in total. The fourth-order valence-electron chi connectivity index (χ4n) is 1.57. The zero-order valence-electron chi connectivity index (χ0n) is 9.38. The van der Waals surface area contributed by atoms with Crippen LogP contribution in [0.2, 0.25) is 0 Å². The van der Waals surface area contributed by atoms with Gasteiger partial charge in [-0.3, -0.25) is 5.10 Å². The van der Waals surface area contributed by atoms with Crippen LogP contribution in [0.5, 0.6) is 0 Å². The summed E-state index contributed by atoms with van der Waals surface area (Å²) < 4.78 is 1.76. The number of H-pyrrole nitrogens is 1. The van der Waals surface area contributed by atoms with Gasteiger partial charge in [0.15, 0.2) is 10.8 Å². The number of nitrogens with one attached hydrogen (secondary N) is 1. The summed E-state index contributed by atoms with van der Waals surface area (Å²) in [5.74, 6) is 1.65. The van der Waals surface area contributed by atoms with E-state index in [9.17, 15) is 0 Å². The first-order valence-corrected chi connectivity index (χ1v) is 6.00. The van der Waals surface area contributed by atoms with E-state index >= 15 is 0 Å². The van der Waals surface area contributed by atoms with Crippen LogP contribution in [0.15, 0.2) is 6.20 Å². The molecule has 0 aliphatic heterocycles. The third-order valence-electron chi connectivity index (χ3n) is 2.43. The van der Waals surface area contributed by atoms with Gasteiger partial charge in [0.25, 0.3) is 0 Å². The number of nitrogen functional groups attached to an aromatic ring is 1. The lowest BCUT2D eigenvalue weighted by Crippen LogP contribution is -1.98. The highest BCUT2D eigenvalue weighted by Gasteiger charge is 2.16. The minimum Gasteiger partial charge on any atom is -0.383 e. The van der Waals surface area contributed by atoms with Gasteiger partial charge in [-0.1, -0.05) is 25.2 Å². The molecule has 3 aromatic heterocycles. The van der Waals surface area contributed by atoms with E-state index in [0.717, 1.165) is 21.4 Å². The summed E-state index contributed by atoms with van der Waals surface area (Å²) >= 11 is 1.45. The molecule has 0 atom stereocenters. The Balaban J connectivity index is 2.18. The van der Waals surface area contributed by atoms with E-state index in [2.05, 4.69) is 39.3 Å². The molecule has 7 nitrogen and oxygen atoms in total. The van der Waals surface area contributed by atoms with Gasteiger partial charge in [-0.25, -0.2) is 0 Å². The fraction of sp³-hybridized carbons (Fsp3) is 0.333. The number of nitrogens with two attached hydrogens (primary N) is 1. The monoisotopic (exact) mass is 249 g/mol. The zero-order chi connectivity index (χ0) is 12.0. The number of rotatable bonds is 2. The maximum Gasteiger partial charge on any atom is 0.234 e. The van der Waals surface area contributed by atoms with E-state index in [-0.39, 0.29) is 5.92 Å². The van der Waals surface area contributed by atoms with Gasteiger partial charge < -0.3 is 5.73 Å². The molecule has 0 aliphatic carbocycles. The molecule has 0 spiro atoms. The van der Waals surface area contributed by atoms with E-state index in [1.54, 1.807) is 10.7 Å². The van der Waals surface area contributed by atoms with Gasteiger partial charge in [-0.15, -0.1) is 10.2 Å². The topological polar surface area (TPSA) is 97.8 Å². The van der Waals surface area contributed by atoms with E-state index in [0.29, 0.717) is 5.82 Å². The predicted molar refractivity (Wildman–Crippen MR) is 64.7 cm³/mol. The lowest BCUT2D eigenvalue weighted by Gasteiger charge is -1.97. The zero-order valence-corrected chi connectivity index (χ0v) is 10.2. The maximum absolute atomic E-state index is 5.76. The average molecular weight is 249 g/mol. The van der Waals surface area contributed by atoms with Gasteiger partial charge in [0.1, 0.15) is 5.82 Å². The molecule has 0 aliphatic rings. The third-order valence-corrected chi connectivity index (χ3v) is 3.36. The standard InChI is InChI=1S/C9H11N7S/c1-4(2)7-13-14-9-16(7)15-8(17-9)5-3-11-12-6(5)10/h3-4H,1-2H3,(H3,10,11,12). The van der Waals surface area contributed by atoms with Crippen molar-refractivity contribution in [2.24, 2.45) is 0 Å². The molecule has 0 amide bonds. The van der Waals surface area contributed by atoms with Crippen molar-refractivity contribution in [3.05, 3.63) is 12.0 Å². The molecule has 8 heteroatoms. The highest BCUT2D eigenvalue weighted by atomic mass is 32.1. The summed E-state index contributed by atoms with van der Waals surface area (Å²) in [6.45, 7) is 4.11. The summed E-state index contributed by atoms with van der Waals surface area (Å²) in [7, 11) is 0. The van der Waals surface area contributed by atoms with Crippen LogP contribution in [0.4, 0.5) is 5.82 Å². The molecule has 0 saturated carbocycles. The second-order valence-corrected chi connectivity index (χ2v) is 4.97. The first-order valence-electron chi connectivity index (χ1n) is 5.18. The highest BCUT2D eigenvalue weighted by Crippen LogP contribution is 2.29. The minimum absolute atomic E-state index is 0.279. The number of anilines is 1. The molecule has 0 bridgehead atoms. The highest BCUT2D eigenvalue weighted by molar-refractivity contribution is 7.19. The molecule has 0 saturated heterocycles. The van der Waals surface area contributed by atoms with E-state index in [1.165, 1.54) is 11.3 Å². The molecule has 3 rings (SSSR count). The van der Waals surface area contributed by atoms with Gasteiger partial charge in [0, 0.05) is 5.92 Å². The van der Waals surface area contributed by atoms with Crippen LogP contribution in [-0.4, -0.2) is 30.0 Å². The van der Waals surface area contributed by atoms with E-state index < -0.39 is 0 Å². The molecule has 88 valence electrons.